The van der Waals surface area contributed by atoms with E-state index in [4.69, 9.17) is 5.11 Å². The molecule has 0 atom stereocenters. The van der Waals surface area contributed by atoms with Crippen molar-refractivity contribution in [1.29, 1.82) is 0 Å². The monoisotopic (exact) mass is 249 g/mol. The molecule has 0 spiro atoms. The zero-order valence-electron chi connectivity index (χ0n) is 10.3. The molecule has 1 N–H and O–H groups in total. The fraction of sp³-hybridized carbons (Fsp3) is 0.385. The second-order valence-corrected chi connectivity index (χ2v) is 4.31. The molecule has 5 heteroatoms. The van der Waals surface area contributed by atoms with Gasteiger partial charge in [-0.1, -0.05) is 11.3 Å². The third kappa shape index (κ3) is 3.13. The lowest BCUT2D eigenvalue weighted by Gasteiger charge is -2.05. The highest BCUT2D eigenvalue weighted by Crippen LogP contribution is 2.11. The first-order valence-corrected chi connectivity index (χ1v) is 5.94. The molecule has 0 saturated carbocycles. The van der Waals surface area contributed by atoms with Gasteiger partial charge in [-0.25, -0.2) is 9.07 Å². The van der Waals surface area contributed by atoms with Gasteiger partial charge in [-0.3, -0.25) is 0 Å². The van der Waals surface area contributed by atoms with Crippen molar-refractivity contribution < 1.29 is 9.50 Å². The summed E-state index contributed by atoms with van der Waals surface area (Å²) in [4.78, 5) is 0. The summed E-state index contributed by atoms with van der Waals surface area (Å²) in [5.74, 6) is -0.224. The fourth-order valence-electron chi connectivity index (χ4n) is 1.80. The Morgan fingerprint density at radius 3 is 2.94 bits per heavy atom. The number of benzene rings is 1. The van der Waals surface area contributed by atoms with Gasteiger partial charge in [-0.15, -0.1) is 5.10 Å². The maximum absolute atomic E-state index is 13.0. The molecule has 0 bridgehead atoms. The van der Waals surface area contributed by atoms with Crippen molar-refractivity contribution in [1.82, 2.24) is 15.0 Å². The fourth-order valence-corrected chi connectivity index (χ4v) is 1.80. The number of rotatable bonds is 5. The lowest BCUT2D eigenvalue weighted by molar-refractivity contribution is 0.288. The molecule has 1 heterocycles. The first-order chi connectivity index (χ1) is 8.69. The number of aromatic nitrogens is 3. The van der Waals surface area contributed by atoms with E-state index in [0.717, 1.165) is 23.2 Å². The Bertz CT molecular complexity index is 525. The van der Waals surface area contributed by atoms with Crippen molar-refractivity contribution in [2.24, 2.45) is 0 Å². The van der Waals surface area contributed by atoms with Crippen molar-refractivity contribution in [3.05, 3.63) is 47.0 Å². The highest BCUT2D eigenvalue weighted by atomic mass is 19.1. The third-order valence-corrected chi connectivity index (χ3v) is 2.81. The molecule has 0 amide bonds. The smallest absolute Gasteiger partial charge is 0.123 e. The minimum Gasteiger partial charge on any atom is -0.396 e. The zero-order chi connectivity index (χ0) is 13.0. The molecule has 0 saturated heterocycles. The molecule has 0 fully saturated rings. The third-order valence-electron chi connectivity index (χ3n) is 2.81. The molecule has 96 valence electrons. The van der Waals surface area contributed by atoms with E-state index in [2.05, 4.69) is 10.3 Å². The van der Waals surface area contributed by atoms with E-state index >= 15 is 0 Å². The molecule has 2 aromatic rings. The minimum absolute atomic E-state index is 0.157. The number of aryl methyl sites for hydroxylation is 2. The number of nitrogens with zero attached hydrogens (tertiary/aromatic N) is 3. The van der Waals surface area contributed by atoms with E-state index in [1.54, 1.807) is 10.7 Å². The molecule has 18 heavy (non-hydrogen) atoms. The van der Waals surface area contributed by atoms with Crippen molar-refractivity contribution in [3.63, 3.8) is 0 Å². The average Bonchev–Trinajstić information content (AvgIpc) is 2.78. The van der Waals surface area contributed by atoms with Gasteiger partial charge in [0.1, 0.15) is 5.82 Å². The molecular weight excluding hydrogens is 233 g/mol. The highest BCUT2D eigenvalue weighted by molar-refractivity contribution is 5.26. The van der Waals surface area contributed by atoms with Crippen LogP contribution in [0.3, 0.4) is 0 Å². The molecule has 0 aliphatic rings. The van der Waals surface area contributed by atoms with Crippen LogP contribution in [0.15, 0.2) is 24.4 Å². The normalized spacial score (nSPS) is 10.8. The standard InChI is InChI=1S/C13H16FN3O/c1-10-7-12(14)5-4-11(10)8-17-9-13(15-16-17)3-2-6-18/h4-5,7,9,18H,2-3,6,8H2,1H3. The summed E-state index contributed by atoms with van der Waals surface area (Å²) in [7, 11) is 0. The van der Waals surface area contributed by atoms with Crippen LogP contribution in [0.2, 0.25) is 0 Å². The van der Waals surface area contributed by atoms with Gasteiger partial charge in [0.2, 0.25) is 0 Å². The zero-order valence-corrected chi connectivity index (χ0v) is 10.3. The first kappa shape index (κ1) is 12.7. The molecule has 2 rings (SSSR count). The highest BCUT2D eigenvalue weighted by Gasteiger charge is 2.04. The maximum atomic E-state index is 13.0. The van der Waals surface area contributed by atoms with Crippen LogP contribution in [0.25, 0.3) is 0 Å². The molecule has 0 unspecified atom stereocenters. The van der Waals surface area contributed by atoms with Crippen LogP contribution in [0.1, 0.15) is 23.2 Å². The number of hydrogen-bond acceptors (Lipinski definition) is 3. The molecule has 1 aromatic heterocycles. The topological polar surface area (TPSA) is 50.9 Å². The molecule has 1 aromatic carbocycles. The number of hydrogen-bond donors (Lipinski definition) is 1. The van der Waals surface area contributed by atoms with E-state index in [0.29, 0.717) is 13.0 Å². The predicted molar refractivity (Wildman–Crippen MR) is 65.7 cm³/mol. The van der Waals surface area contributed by atoms with Gasteiger partial charge in [-0.2, -0.15) is 0 Å². The maximum Gasteiger partial charge on any atom is 0.123 e. The summed E-state index contributed by atoms with van der Waals surface area (Å²) in [5, 5.41) is 16.8. The van der Waals surface area contributed by atoms with Gasteiger partial charge in [0.15, 0.2) is 0 Å². The Morgan fingerprint density at radius 1 is 1.39 bits per heavy atom. The number of aliphatic hydroxyl groups excluding tert-OH is 1. The summed E-state index contributed by atoms with van der Waals surface area (Å²) >= 11 is 0. The summed E-state index contributed by atoms with van der Waals surface area (Å²) in [6.45, 7) is 2.62. The lowest BCUT2D eigenvalue weighted by Crippen LogP contribution is -2.02. The molecular formula is C13H16FN3O. The Labute approximate surface area is 105 Å². The van der Waals surface area contributed by atoms with Crippen molar-refractivity contribution in [2.45, 2.75) is 26.3 Å². The molecule has 0 radical (unpaired) electrons. The first-order valence-electron chi connectivity index (χ1n) is 5.94. The predicted octanol–water partition coefficient (Wildman–Crippen LogP) is 1.70. The minimum atomic E-state index is -0.224. The van der Waals surface area contributed by atoms with E-state index in [9.17, 15) is 4.39 Å². The van der Waals surface area contributed by atoms with Gasteiger partial charge in [0, 0.05) is 12.8 Å². The Hall–Kier alpha value is -1.75. The molecule has 0 aliphatic carbocycles. The van der Waals surface area contributed by atoms with Crippen LogP contribution in [0.5, 0.6) is 0 Å². The summed E-state index contributed by atoms with van der Waals surface area (Å²) in [6, 6.07) is 4.73. The van der Waals surface area contributed by atoms with Crippen LogP contribution >= 0.6 is 0 Å². The van der Waals surface area contributed by atoms with Crippen molar-refractivity contribution in [3.8, 4) is 0 Å². The van der Waals surface area contributed by atoms with Gasteiger partial charge in [0.25, 0.3) is 0 Å². The molecule has 4 nitrogen and oxygen atoms in total. The van der Waals surface area contributed by atoms with Gasteiger partial charge >= 0.3 is 0 Å². The van der Waals surface area contributed by atoms with E-state index in [-0.39, 0.29) is 12.4 Å². The largest absolute Gasteiger partial charge is 0.396 e. The second kappa shape index (κ2) is 5.73. The van der Waals surface area contributed by atoms with Crippen LogP contribution in [-0.4, -0.2) is 26.7 Å². The quantitative estimate of drug-likeness (QED) is 0.877. The van der Waals surface area contributed by atoms with Crippen LogP contribution in [0.4, 0.5) is 4.39 Å². The number of halogens is 1. The SMILES string of the molecule is Cc1cc(F)ccc1Cn1cc(CCCO)nn1. The van der Waals surface area contributed by atoms with E-state index < -0.39 is 0 Å². The van der Waals surface area contributed by atoms with Crippen LogP contribution < -0.4 is 0 Å². The second-order valence-electron chi connectivity index (χ2n) is 4.31. The average molecular weight is 249 g/mol. The number of aliphatic hydroxyl groups is 1. The summed E-state index contributed by atoms with van der Waals surface area (Å²) in [5.41, 5.74) is 2.79. The Kier molecular flexibility index (Phi) is 4.04. The van der Waals surface area contributed by atoms with Gasteiger partial charge in [0.05, 0.1) is 12.2 Å². The lowest BCUT2D eigenvalue weighted by atomic mass is 10.1. The Morgan fingerprint density at radius 2 is 2.22 bits per heavy atom. The summed E-state index contributed by atoms with van der Waals surface area (Å²) in [6.07, 6.45) is 3.27. The molecule has 0 aliphatic heterocycles. The van der Waals surface area contributed by atoms with Crippen molar-refractivity contribution >= 4 is 0 Å². The van der Waals surface area contributed by atoms with Crippen molar-refractivity contribution in [2.75, 3.05) is 6.61 Å². The van der Waals surface area contributed by atoms with Crippen LogP contribution in [-0.2, 0) is 13.0 Å². The van der Waals surface area contributed by atoms with E-state index in [1.807, 2.05) is 13.1 Å². The van der Waals surface area contributed by atoms with Gasteiger partial charge in [-0.05, 0) is 43.0 Å². The Balaban J connectivity index is 2.06. The van der Waals surface area contributed by atoms with E-state index in [1.165, 1.54) is 12.1 Å². The van der Waals surface area contributed by atoms with Crippen LogP contribution in [0, 0.1) is 12.7 Å². The van der Waals surface area contributed by atoms with Gasteiger partial charge < -0.3 is 5.11 Å². The summed E-state index contributed by atoms with van der Waals surface area (Å²) < 4.78 is 14.7.